The molecule has 1 aliphatic rings. The minimum absolute atomic E-state index is 0.308. The van der Waals surface area contributed by atoms with E-state index in [2.05, 4.69) is 5.32 Å². The first kappa shape index (κ1) is 11.2. The number of benzene rings is 1. The topological polar surface area (TPSA) is 64.6 Å². The molecule has 0 saturated heterocycles. The summed E-state index contributed by atoms with van der Waals surface area (Å²) < 4.78 is 9.78. The Kier molecular flexibility index (Phi) is 3.09. The maximum Gasteiger partial charge on any atom is 0.332 e. The van der Waals surface area contributed by atoms with Crippen molar-refractivity contribution in [3.8, 4) is 5.75 Å². The highest BCUT2D eigenvalue weighted by atomic mass is 16.6. The molecule has 1 amide bonds. The molecule has 88 valence electrons. The Morgan fingerprint density at radius 2 is 2.06 bits per heavy atom. The fourth-order valence-corrected chi connectivity index (χ4v) is 1.40. The molecule has 1 aromatic rings. The molecule has 0 saturated carbocycles. The maximum absolute atomic E-state index is 11.7. The van der Waals surface area contributed by atoms with Crippen LogP contribution in [0.1, 0.15) is 10.4 Å². The van der Waals surface area contributed by atoms with Crippen LogP contribution in [-0.2, 0) is 9.53 Å². The lowest BCUT2D eigenvalue weighted by Gasteiger charge is -2.10. The van der Waals surface area contributed by atoms with Crippen LogP contribution in [0.15, 0.2) is 36.4 Å². The summed E-state index contributed by atoms with van der Waals surface area (Å²) in [4.78, 5) is 22.5. The standard InChI is InChI=1S/C12H11NO4/c1-16-9-4-2-8(3-5-9)12(15)13-10-6-7-11(14)17-10/h2-7,10H,1H3,(H,13,15). The molecule has 0 aromatic heterocycles. The average Bonchev–Trinajstić information content (AvgIpc) is 2.75. The van der Waals surface area contributed by atoms with Crippen molar-refractivity contribution in [3.05, 3.63) is 42.0 Å². The van der Waals surface area contributed by atoms with Gasteiger partial charge in [-0.05, 0) is 30.3 Å². The number of amides is 1. The van der Waals surface area contributed by atoms with Crippen LogP contribution in [0.4, 0.5) is 0 Å². The van der Waals surface area contributed by atoms with Crippen molar-refractivity contribution in [2.45, 2.75) is 6.23 Å². The molecule has 0 aliphatic carbocycles. The number of cyclic esters (lactones) is 1. The fraction of sp³-hybridized carbons (Fsp3) is 0.167. The first-order valence-electron chi connectivity index (χ1n) is 5.03. The van der Waals surface area contributed by atoms with Gasteiger partial charge in [-0.3, -0.25) is 4.79 Å². The molecule has 0 spiro atoms. The Hall–Kier alpha value is -2.30. The molecule has 1 N–H and O–H groups in total. The highest BCUT2D eigenvalue weighted by Crippen LogP contribution is 2.11. The van der Waals surface area contributed by atoms with E-state index in [-0.39, 0.29) is 5.91 Å². The smallest absolute Gasteiger partial charge is 0.332 e. The Bertz CT molecular complexity index is 464. The normalized spacial score (nSPS) is 17.7. The second-order valence-electron chi connectivity index (χ2n) is 3.42. The summed E-state index contributed by atoms with van der Waals surface area (Å²) in [5.41, 5.74) is 0.474. The molecule has 0 bridgehead atoms. The third kappa shape index (κ3) is 2.63. The Morgan fingerprint density at radius 3 is 2.59 bits per heavy atom. The van der Waals surface area contributed by atoms with Crippen molar-refractivity contribution < 1.29 is 19.1 Å². The molecule has 17 heavy (non-hydrogen) atoms. The highest BCUT2D eigenvalue weighted by Gasteiger charge is 2.19. The van der Waals surface area contributed by atoms with Crippen molar-refractivity contribution in [1.29, 1.82) is 0 Å². The number of esters is 1. The van der Waals surface area contributed by atoms with Crippen LogP contribution in [0.5, 0.6) is 5.75 Å². The van der Waals surface area contributed by atoms with Gasteiger partial charge >= 0.3 is 5.97 Å². The van der Waals surface area contributed by atoms with E-state index >= 15 is 0 Å². The summed E-state index contributed by atoms with van der Waals surface area (Å²) in [5, 5.41) is 2.55. The van der Waals surface area contributed by atoms with E-state index < -0.39 is 12.2 Å². The van der Waals surface area contributed by atoms with Gasteiger partial charge in [0, 0.05) is 11.6 Å². The van der Waals surface area contributed by atoms with Crippen LogP contribution < -0.4 is 10.1 Å². The molecular formula is C12H11NO4. The van der Waals surface area contributed by atoms with Crippen LogP contribution in [0, 0.1) is 0 Å². The minimum atomic E-state index is -0.683. The van der Waals surface area contributed by atoms with Crippen LogP contribution in [0.25, 0.3) is 0 Å². The number of rotatable bonds is 3. The zero-order chi connectivity index (χ0) is 12.3. The minimum Gasteiger partial charge on any atom is -0.497 e. The van der Waals surface area contributed by atoms with Crippen LogP contribution in [-0.4, -0.2) is 25.2 Å². The van der Waals surface area contributed by atoms with Gasteiger partial charge in [-0.1, -0.05) is 0 Å². The molecule has 1 aromatic carbocycles. The van der Waals surface area contributed by atoms with Gasteiger partial charge in [-0.2, -0.15) is 0 Å². The first-order valence-corrected chi connectivity index (χ1v) is 5.03. The van der Waals surface area contributed by atoms with Crippen LogP contribution in [0.3, 0.4) is 0 Å². The van der Waals surface area contributed by atoms with Crippen molar-refractivity contribution in [2.75, 3.05) is 7.11 Å². The zero-order valence-electron chi connectivity index (χ0n) is 9.17. The number of methoxy groups -OCH3 is 1. The number of carbonyl (C=O) groups excluding carboxylic acids is 2. The van der Waals surface area contributed by atoms with E-state index in [4.69, 9.17) is 9.47 Å². The number of hydrogen-bond donors (Lipinski definition) is 1. The molecule has 0 fully saturated rings. The number of nitrogens with one attached hydrogen (secondary N) is 1. The lowest BCUT2D eigenvalue weighted by atomic mass is 10.2. The van der Waals surface area contributed by atoms with E-state index in [1.54, 1.807) is 31.4 Å². The second-order valence-corrected chi connectivity index (χ2v) is 3.42. The van der Waals surface area contributed by atoms with Gasteiger partial charge in [0.25, 0.3) is 5.91 Å². The highest BCUT2D eigenvalue weighted by molar-refractivity contribution is 5.95. The van der Waals surface area contributed by atoms with Gasteiger partial charge in [-0.25, -0.2) is 4.79 Å². The Balaban J connectivity index is 1.99. The van der Waals surface area contributed by atoms with Crippen molar-refractivity contribution in [3.63, 3.8) is 0 Å². The van der Waals surface area contributed by atoms with Gasteiger partial charge in [0.2, 0.25) is 0 Å². The number of ether oxygens (including phenoxy) is 2. The van der Waals surface area contributed by atoms with E-state index in [1.807, 2.05) is 0 Å². The molecule has 1 aliphatic heterocycles. The van der Waals surface area contributed by atoms with Gasteiger partial charge in [0.05, 0.1) is 7.11 Å². The molecular weight excluding hydrogens is 222 g/mol. The lowest BCUT2D eigenvalue weighted by Crippen LogP contribution is -2.34. The summed E-state index contributed by atoms with van der Waals surface area (Å²) in [6, 6.07) is 6.64. The zero-order valence-corrected chi connectivity index (χ0v) is 9.17. The summed E-state index contributed by atoms with van der Waals surface area (Å²) in [6.45, 7) is 0. The van der Waals surface area contributed by atoms with E-state index in [0.717, 1.165) is 0 Å². The van der Waals surface area contributed by atoms with Crippen molar-refractivity contribution in [1.82, 2.24) is 5.32 Å². The maximum atomic E-state index is 11.7. The number of carbonyl (C=O) groups is 2. The van der Waals surface area contributed by atoms with Crippen LogP contribution in [0.2, 0.25) is 0 Å². The van der Waals surface area contributed by atoms with Gasteiger partial charge < -0.3 is 14.8 Å². The molecule has 2 rings (SSSR count). The third-order valence-corrected chi connectivity index (χ3v) is 2.28. The lowest BCUT2D eigenvalue weighted by molar-refractivity contribution is -0.139. The average molecular weight is 233 g/mol. The van der Waals surface area contributed by atoms with E-state index in [9.17, 15) is 9.59 Å². The van der Waals surface area contributed by atoms with Gasteiger partial charge in [-0.15, -0.1) is 0 Å². The SMILES string of the molecule is COc1ccc(C(=O)NC2C=CC(=O)O2)cc1. The van der Waals surface area contributed by atoms with Gasteiger partial charge in [0.15, 0.2) is 6.23 Å². The van der Waals surface area contributed by atoms with E-state index in [1.165, 1.54) is 12.2 Å². The summed E-state index contributed by atoms with van der Waals surface area (Å²) in [5.74, 6) is -0.0872. The van der Waals surface area contributed by atoms with Crippen molar-refractivity contribution >= 4 is 11.9 Å². The Morgan fingerprint density at radius 1 is 1.35 bits per heavy atom. The summed E-state index contributed by atoms with van der Waals surface area (Å²) in [7, 11) is 1.55. The van der Waals surface area contributed by atoms with E-state index in [0.29, 0.717) is 11.3 Å². The quantitative estimate of drug-likeness (QED) is 0.786. The molecule has 1 atom stereocenters. The largest absolute Gasteiger partial charge is 0.497 e. The number of hydrogen-bond acceptors (Lipinski definition) is 4. The molecule has 5 heteroatoms. The third-order valence-electron chi connectivity index (χ3n) is 2.28. The molecule has 0 radical (unpaired) electrons. The molecule has 1 heterocycles. The van der Waals surface area contributed by atoms with Crippen LogP contribution >= 0.6 is 0 Å². The monoisotopic (exact) mass is 233 g/mol. The Labute approximate surface area is 98.0 Å². The molecule has 1 unspecified atom stereocenters. The first-order chi connectivity index (χ1) is 8.19. The second kappa shape index (κ2) is 4.69. The van der Waals surface area contributed by atoms with Crippen molar-refractivity contribution in [2.24, 2.45) is 0 Å². The predicted molar refractivity (Wildman–Crippen MR) is 59.5 cm³/mol. The fourth-order valence-electron chi connectivity index (χ4n) is 1.40. The summed E-state index contributed by atoms with van der Waals surface area (Å²) in [6.07, 6.45) is 2.08. The van der Waals surface area contributed by atoms with Gasteiger partial charge in [0.1, 0.15) is 5.75 Å². The predicted octanol–water partition coefficient (Wildman–Crippen LogP) is 0.864. The summed E-state index contributed by atoms with van der Waals surface area (Å²) >= 11 is 0. The molecule has 5 nitrogen and oxygen atoms in total.